The van der Waals surface area contributed by atoms with E-state index < -0.39 is 0 Å². The standard InChI is InChI=1S/C14H24N2S/c1-11-7-13(17-12(11)2)8-16-10-14(3)5-4-6-15-9-14/h7,15-16H,4-6,8-10H2,1-3H3. The zero-order valence-corrected chi connectivity index (χ0v) is 12.0. The zero-order chi connectivity index (χ0) is 12.3. The molecule has 1 atom stereocenters. The second-order valence-electron chi connectivity index (χ2n) is 5.65. The molecular formula is C14H24N2S. The van der Waals surface area contributed by atoms with Crippen LogP contribution in [0.2, 0.25) is 0 Å². The molecule has 0 saturated carbocycles. The first-order chi connectivity index (χ1) is 8.09. The van der Waals surface area contributed by atoms with Gasteiger partial charge in [0.05, 0.1) is 0 Å². The average Bonchev–Trinajstić information content (AvgIpc) is 2.59. The second kappa shape index (κ2) is 5.51. The smallest absolute Gasteiger partial charge is 0.0300 e. The Kier molecular flexibility index (Phi) is 4.23. The molecule has 2 heterocycles. The number of thiophene rings is 1. The lowest BCUT2D eigenvalue weighted by atomic mass is 9.83. The molecule has 0 aromatic carbocycles. The van der Waals surface area contributed by atoms with E-state index in [1.54, 1.807) is 0 Å². The fourth-order valence-corrected chi connectivity index (χ4v) is 3.52. The van der Waals surface area contributed by atoms with Crippen LogP contribution in [0, 0.1) is 19.3 Å². The summed E-state index contributed by atoms with van der Waals surface area (Å²) in [7, 11) is 0. The molecule has 1 aliphatic rings. The molecule has 0 bridgehead atoms. The van der Waals surface area contributed by atoms with Gasteiger partial charge in [0.25, 0.3) is 0 Å². The maximum Gasteiger partial charge on any atom is 0.0300 e. The molecule has 2 N–H and O–H groups in total. The summed E-state index contributed by atoms with van der Waals surface area (Å²) in [6.45, 7) is 11.3. The Bertz CT molecular complexity index is 345. The highest BCUT2D eigenvalue weighted by molar-refractivity contribution is 7.12. The van der Waals surface area contributed by atoms with Gasteiger partial charge in [-0.1, -0.05) is 6.92 Å². The van der Waals surface area contributed by atoms with E-state index in [0.29, 0.717) is 5.41 Å². The Labute approximate surface area is 109 Å². The average molecular weight is 252 g/mol. The van der Waals surface area contributed by atoms with Gasteiger partial charge in [-0.05, 0) is 50.3 Å². The summed E-state index contributed by atoms with van der Waals surface area (Å²) in [5, 5.41) is 7.12. The highest BCUT2D eigenvalue weighted by Gasteiger charge is 2.25. The van der Waals surface area contributed by atoms with Gasteiger partial charge in [-0.25, -0.2) is 0 Å². The van der Waals surface area contributed by atoms with E-state index in [9.17, 15) is 0 Å². The van der Waals surface area contributed by atoms with Gasteiger partial charge >= 0.3 is 0 Å². The third kappa shape index (κ3) is 3.54. The number of rotatable bonds is 4. The van der Waals surface area contributed by atoms with Crippen LogP contribution >= 0.6 is 11.3 Å². The molecule has 0 amide bonds. The first kappa shape index (κ1) is 13.1. The molecule has 2 nitrogen and oxygen atoms in total. The van der Waals surface area contributed by atoms with Crippen molar-refractivity contribution in [3.8, 4) is 0 Å². The van der Waals surface area contributed by atoms with Crippen molar-refractivity contribution >= 4 is 11.3 Å². The van der Waals surface area contributed by atoms with Crippen LogP contribution < -0.4 is 10.6 Å². The zero-order valence-electron chi connectivity index (χ0n) is 11.2. The van der Waals surface area contributed by atoms with Crippen LogP contribution in [-0.2, 0) is 6.54 Å². The lowest BCUT2D eigenvalue weighted by molar-refractivity contribution is 0.226. The predicted octanol–water partition coefficient (Wildman–Crippen LogP) is 2.84. The summed E-state index contributed by atoms with van der Waals surface area (Å²) in [6, 6.07) is 2.31. The Hall–Kier alpha value is -0.380. The van der Waals surface area contributed by atoms with E-state index in [2.05, 4.69) is 37.5 Å². The van der Waals surface area contributed by atoms with Crippen LogP contribution in [0.4, 0.5) is 0 Å². The number of nitrogens with one attached hydrogen (secondary N) is 2. The molecule has 1 unspecified atom stereocenters. The summed E-state index contributed by atoms with van der Waals surface area (Å²) in [5.74, 6) is 0. The van der Waals surface area contributed by atoms with Crippen molar-refractivity contribution < 1.29 is 0 Å². The summed E-state index contributed by atoms with van der Waals surface area (Å²) >= 11 is 1.92. The minimum absolute atomic E-state index is 0.444. The third-order valence-corrected chi connectivity index (χ3v) is 4.91. The van der Waals surface area contributed by atoms with Crippen molar-refractivity contribution in [1.82, 2.24) is 10.6 Å². The third-order valence-electron chi connectivity index (χ3n) is 3.75. The summed E-state index contributed by atoms with van der Waals surface area (Å²) in [4.78, 5) is 2.92. The summed E-state index contributed by atoms with van der Waals surface area (Å²) in [5.41, 5.74) is 1.87. The van der Waals surface area contributed by atoms with E-state index in [-0.39, 0.29) is 0 Å². The van der Waals surface area contributed by atoms with Gasteiger partial charge < -0.3 is 10.6 Å². The van der Waals surface area contributed by atoms with Crippen molar-refractivity contribution in [1.29, 1.82) is 0 Å². The molecule has 1 fully saturated rings. The molecular weight excluding hydrogens is 228 g/mol. The maximum atomic E-state index is 3.62. The van der Waals surface area contributed by atoms with Crippen molar-refractivity contribution in [2.24, 2.45) is 5.41 Å². The SMILES string of the molecule is Cc1cc(CNCC2(C)CCCNC2)sc1C. The van der Waals surface area contributed by atoms with Gasteiger partial charge in [-0.2, -0.15) is 0 Å². The number of aryl methyl sites for hydroxylation is 2. The Morgan fingerprint density at radius 3 is 2.88 bits per heavy atom. The predicted molar refractivity (Wildman–Crippen MR) is 75.7 cm³/mol. The van der Waals surface area contributed by atoms with Crippen LogP contribution in [0.15, 0.2) is 6.07 Å². The fourth-order valence-electron chi connectivity index (χ4n) is 2.49. The molecule has 1 saturated heterocycles. The topological polar surface area (TPSA) is 24.1 Å². The molecule has 2 rings (SSSR count). The van der Waals surface area contributed by atoms with Crippen LogP contribution in [0.1, 0.15) is 35.1 Å². The normalized spacial score (nSPS) is 25.1. The minimum Gasteiger partial charge on any atom is -0.316 e. The quantitative estimate of drug-likeness (QED) is 0.861. The molecule has 0 spiro atoms. The van der Waals surface area contributed by atoms with E-state index in [0.717, 1.165) is 19.6 Å². The minimum atomic E-state index is 0.444. The number of hydrogen-bond donors (Lipinski definition) is 2. The van der Waals surface area contributed by atoms with Gasteiger partial charge in [0.2, 0.25) is 0 Å². The molecule has 17 heavy (non-hydrogen) atoms. The molecule has 1 aliphatic heterocycles. The first-order valence-corrected chi connectivity index (χ1v) is 7.38. The van der Waals surface area contributed by atoms with Crippen molar-refractivity contribution in [3.63, 3.8) is 0 Å². The van der Waals surface area contributed by atoms with Crippen LogP contribution in [0.25, 0.3) is 0 Å². The lowest BCUT2D eigenvalue weighted by Crippen LogP contribution is -2.44. The van der Waals surface area contributed by atoms with Crippen LogP contribution in [0.5, 0.6) is 0 Å². The summed E-state index contributed by atoms with van der Waals surface area (Å²) in [6.07, 6.45) is 2.66. The Morgan fingerprint density at radius 2 is 2.29 bits per heavy atom. The van der Waals surface area contributed by atoms with E-state index in [1.165, 1.54) is 34.7 Å². The van der Waals surface area contributed by atoms with Crippen molar-refractivity contribution in [2.45, 2.75) is 40.2 Å². The molecule has 3 heteroatoms. The molecule has 96 valence electrons. The Morgan fingerprint density at radius 1 is 1.47 bits per heavy atom. The van der Waals surface area contributed by atoms with Crippen LogP contribution in [-0.4, -0.2) is 19.6 Å². The molecule has 0 aliphatic carbocycles. The van der Waals surface area contributed by atoms with Gasteiger partial charge in [0.15, 0.2) is 0 Å². The van der Waals surface area contributed by atoms with Crippen molar-refractivity contribution in [3.05, 3.63) is 21.4 Å². The largest absolute Gasteiger partial charge is 0.316 e. The van der Waals surface area contributed by atoms with E-state index in [1.807, 2.05) is 11.3 Å². The van der Waals surface area contributed by atoms with Gasteiger partial charge in [-0.3, -0.25) is 0 Å². The van der Waals surface area contributed by atoms with Crippen molar-refractivity contribution in [2.75, 3.05) is 19.6 Å². The highest BCUT2D eigenvalue weighted by atomic mass is 32.1. The molecule has 1 aromatic heterocycles. The number of piperidine rings is 1. The Balaban J connectivity index is 1.78. The first-order valence-electron chi connectivity index (χ1n) is 6.56. The second-order valence-corrected chi connectivity index (χ2v) is 6.99. The van der Waals surface area contributed by atoms with E-state index >= 15 is 0 Å². The van der Waals surface area contributed by atoms with Crippen LogP contribution in [0.3, 0.4) is 0 Å². The molecule has 0 radical (unpaired) electrons. The van der Waals surface area contributed by atoms with Gasteiger partial charge in [0, 0.05) is 29.4 Å². The fraction of sp³-hybridized carbons (Fsp3) is 0.714. The molecule has 1 aromatic rings. The van der Waals surface area contributed by atoms with Gasteiger partial charge in [0.1, 0.15) is 0 Å². The maximum absolute atomic E-state index is 3.62. The van der Waals surface area contributed by atoms with E-state index in [4.69, 9.17) is 0 Å². The lowest BCUT2D eigenvalue weighted by Gasteiger charge is -2.34. The van der Waals surface area contributed by atoms with Gasteiger partial charge in [-0.15, -0.1) is 11.3 Å². The number of hydrogen-bond acceptors (Lipinski definition) is 3. The highest BCUT2D eigenvalue weighted by Crippen LogP contribution is 2.25. The summed E-state index contributed by atoms with van der Waals surface area (Å²) < 4.78 is 0. The monoisotopic (exact) mass is 252 g/mol.